The Morgan fingerprint density at radius 3 is 2.39 bits per heavy atom. The summed E-state index contributed by atoms with van der Waals surface area (Å²) in [5.41, 5.74) is 2.57. The van der Waals surface area contributed by atoms with E-state index in [0.29, 0.717) is 55.8 Å². The van der Waals surface area contributed by atoms with Crippen LogP contribution >= 0.6 is 23.2 Å². The van der Waals surface area contributed by atoms with E-state index in [1.165, 1.54) is 12.1 Å². The van der Waals surface area contributed by atoms with Crippen LogP contribution < -0.4 is 4.90 Å². The summed E-state index contributed by atoms with van der Waals surface area (Å²) in [6.45, 7) is 3.18. The number of quaternary nitrogens is 1. The average molecular weight is 543 g/mol. The van der Waals surface area contributed by atoms with Crippen molar-refractivity contribution in [3.05, 3.63) is 62.1 Å². The highest BCUT2D eigenvalue weighted by atomic mass is 35.5. The zero-order valence-corrected chi connectivity index (χ0v) is 22.9. The van der Waals surface area contributed by atoms with Gasteiger partial charge in [0.15, 0.2) is 0 Å². The van der Waals surface area contributed by atoms with Crippen LogP contribution in [-0.4, -0.2) is 68.7 Å². The molecule has 4 rings (SSSR count). The molecular weight excluding hydrogens is 510 g/mol. The number of carbonyl (C=O) groups excluding carboxylic acids is 1. The fraction of sp³-hybridized carbons (Fsp3) is 0.519. The van der Waals surface area contributed by atoms with Gasteiger partial charge in [0.2, 0.25) is 0 Å². The predicted molar refractivity (Wildman–Crippen MR) is 139 cm³/mol. The molecule has 0 aromatic heterocycles. The zero-order chi connectivity index (χ0) is 26.6. The second kappa shape index (κ2) is 9.82. The normalized spacial score (nSPS) is 24.4. The Hall–Kier alpha value is -1.80. The van der Waals surface area contributed by atoms with Crippen molar-refractivity contribution in [2.45, 2.75) is 50.9 Å². The second-order valence-electron chi connectivity index (χ2n) is 10.7. The van der Waals surface area contributed by atoms with Crippen LogP contribution in [-0.2, 0) is 19.0 Å². The van der Waals surface area contributed by atoms with E-state index in [1.54, 1.807) is 26.1 Å². The van der Waals surface area contributed by atoms with Crippen LogP contribution in [0.5, 0.6) is 0 Å². The zero-order valence-electron chi connectivity index (χ0n) is 21.3. The van der Waals surface area contributed by atoms with E-state index in [0.717, 1.165) is 31.5 Å². The number of halogens is 5. The molecule has 1 atom stereocenters. The molecule has 0 spiro atoms. The van der Waals surface area contributed by atoms with Gasteiger partial charge in [-0.25, -0.2) is 4.79 Å². The lowest BCUT2D eigenvalue weighted by Gasteiger charge is -2.40. The van der Waals surface area contributed by atoms with Crippen molar-refractivity contribution < 1.29 is 22.4 Å². The Balaban J connectivity index is 1.59. The summed E-state index contributed by atoms with van der Waals surface area (Å²) < 4.78 is 40.5. The molecule has 2 aromatic carbocycles. The largest absolute Gasteiger partial charge is 0.416 e. The van der Waals surface area contributed by atoms with Gasteiger partial charge in [0, 0.05) is 42.7 Å². The number of hydrogen-bond donors (Lipinski definition) is 0. The molecule has 0 aliphatic carbocycles. The van der Waals surface area contributed by atoms with Crippen molar-refractivity contribution in [2.75, 3.05) is 46.2 Å². The van der Waals surface area contributed by atoms with Crippen molar-refractivity contribution in [2.24, 2.45) is 0 Å². The third-order valence-corrected chi connectivity index (χ3v) is 8.92. The minimum atomic E-state index is -4.40. The number of nitrogens with zero attached hydrogens (tertiary/aromatic N) is 3. The van der Waals surface area contributed by atoms with Gasteiger partial charge >= 0.3 is 12.1 Å². The highest BCUT2D eigenvalue weighted by Crippen LogP contribution is 2.41. The number of likely N-dealkylation sites (tertiary alicyclic amines) is 1. The van der Waals surface area contributed by atoms with Gasteiger partial charge in [-0.05, 0) is 74.8 Å². The molecule has 2 aliphatic rings. The molecule has 1 amide bonds. The topological polar surface area (TPSA) is 23.6 Å². The minimum Gasteiger partial charge on any atom is -0.371 e. The maximum absolute atomic E-state index is 13.7. The molecular formula is C27H33Cl2F3N3O+. The maximum Gasteiger partial charge on any atom is 0.416 e. The maximum atomic E-state index is 13.7. The summed E-state index contributed by atoms with van der Waals surface area (Å²) >= 11 is 13.4. The van der Waals surface area contributed by atoms with Gasteiger partial charge in [-0.3, -0.25) is 4.48 Å². The molecule has 0 radical (unpaired) electrons. The predicted octanol–water partition coefficient (Wildman–Crippen LogP) is 6.24. The van der Waals surface area contributed by atoms with Crippen LogP contribution in [0.3, 0.4) is 0 Å². The molecule has 2 aliphatic heterocycles. The molecule has 0 N–H and O–H groups in total. The van der Waals surface area contributed by atoms with Crippen LogP contribution in [0.25, 0.3) is 0 Å². The molecule has 9 heteroatoms. The van der Waals surface area contributed by atoms with Gasteiger partial charge in [-0.2, -0.15) is 13.2 Å². The monoisotopic (exact) mass is 542 g/mol. The van der Waals surface area contributed by atoms with Gasteiger partial charge in [0.25, 0.3) is 0 Å². The van der Waals surface area contributed by atoms with E-state index < -0.39 is 11.7 Å². The lowest BCUT2D eigenvalue weighted by molar-refractivity contribution is -0.834. The summed E-state index contributed by atoms with van der Waals surface area (Å²) in [6.07, 6.45) is -1.53. The van der Waals surface area contributed by atoms with E-state index in [1.807, 2.05) is 11.9 Å². The van der Waals surface area contributed by atoms with Gasteiger partial charge in [-0.15, -0.1) is 0 Å². The number of hydrogen-bond acceptors (Lipinski definition) is 3. The summed E-state index contributed by atoms with van der Waals surface area (Å²) in [4.78, 5) is 17.7. The average Bonchev–Trinajstić information content (AvgIpc) is 3.12. The number of rotatable bonds is 4. The number of carbonyl (C=O) groups is 1. The molecule has 1 unspecified atom stereocenters. The van der Waals surface area contributed by atoms with Gasteiger partial charge in [0.1, 0.15) is 0 Å². The molecule has 4 nitrogen and oxygen atoms in total. The van der Waals surface area contributed by atoms with E-state index in [-0.39, 0.29) is 11.9 Å². The molecule has 2 aromatic rings. The van der Waals surface area contributed by atoms with Crippen molar-refractivity contribution in [1.82, 2.24) is 4.90 Å². The van der Waals surface area contributed by atoms with E-state index in [2.05, 4.69) is 19.0 Å². The first kappa shape index (κ1) is 27.2. The lowest BCUT2D eigenvalue weighted by atomic mass is 9.96. The Morgan fingerprint density at radius 2 is 1.81 bits per heavy atom. The summed E-state index contributed by atoms with van der Waals surface area (Å²) in [7, 11) is 7.89. The quantitative estimate of drug-likeness (QED) is 0.427. The van der Waals surface area contributed by atoms with Crippen LogP contribution in [0.4, 0.5) is 18.9 Å². The van der Waals surface area contributed by atoms with Crippen LogP contribution in [0, 0.1) is 6.92 Å². The van der Waals surface area contributed by atoms with Crippen LogP contribution in [0.1, 0.15) is 45.5 Å². The first-order valence-corrected chi connectivity index (χ1v) is 12.9. The minimum absolute atomic E-state index is 0.0242. The number of anilines is 1. The SMILES string of the molecule is Cc1cc(C(F)(F)F)cc2c1CC(Cc1c(Cl)ccc(C(=O)[N+]3(C)CCC(N(C)C)CC3)c1Cl)N2C. The third-order valence-electron chi connectivity index (χ3n) is 8.13. The number of fused-ring (bicyclic) bond motifs is 1. The molecule has 1 fully saturated rings. The van der Waals surface area contributed by atoms with Crippen LogP contribution in [0.15, 0.2) is 24.3 Å². The Kier molecular flexibility index (Phi) is 7.43. The fourth-order valence-electron chi connectivity index (χ4n) is 5.64. The molecule has 0 bridgehead atoms. The summed E-state index contributed by atoms with van der Waals surface area (Å²) in [5, 5.41) is 0.807. The molecule has 36 heavy (non-hydrogen) atoms. The van der Waals surface area contributed by atoms with Crippen molar-refractivity contribution >= 4 is 34.8 Å². The lowest BCUT2D eigenvalue weighted by Crippen LogP contribution is -2.56. The standard InChI is InChI=1S/C27H33Cl2F3N3O/c1-16-12-17(27(30,31)32)13-24-21(16)14-19(34(24)4)15-22-23(28)7-6-20(25(22)29)26(36)35(5)10-8-18(9-11-35)33(2)3/h6-7,12-13,18-19H,8-11,14-15H2,1-5H3/q+1. The molecule has 196 valence electrons. The number of piperidine rings is 1. The highest BCUT2D eigenvalue weighted by Gasteiger charge is 2.40. The number of amides is 1. The molecule has 2 heterocycles. The second-order valence-corrected chi connectivity index (χ2v) is 11.5. The van der Waals surface area contributed by atoms with E-state index >= 15 is 0 Å². The number of benzene rings is 2. The van der Waals surface area contributed by atoms with Gasteiger partial charge in [-0.1, -0.05) is 23.2 Å². The first-order valence-electron chi connectivity index (χ1n) is 12.2. The van der Waals surface area contributed by atoms with Crippen molar-refractivity contribution in [3.8, 4) is 0 Å². The van der Waals surface area contributed by atoms with Crippen LogP contribution in [0.2, 0.25) is 10.0 Å². The molecule has 0 saturated carbocycles. The smallest absolute Gasteiger partial charge is 0.371 e. The van der Waals surface area contributed by atoms with E-state index in [9.17, 15) is 18.0 Å². The van der Waals surface area contributed by atoms with Crippen molar-refractivity contribution in [1.29, 1.82) is 0 Å². The Bertz CT molecular complexity index is 1170. The Morgan fingerprint density at radius 1 is 1.17 bits per heavy atom. The number of alkyl halides is 3. The van der Waals surface area contributed by atoms with Gasteiger partial charge in [0.05, 0.1) is 36.3 Å². The first-order chi connectivity index (χ1) is 16.7. The highest BCUT2D eigenvalue weighted by molar-refractivity contribution is 6.38. The number of likely N-dealkylation sites (N-methyl/N-ethyl adjacent to an activating group) is 1. The molecule has 1 saturated heterocycles. The van der Waals surface area contributed by atoms with Gasteiger partial charge < -0.3 is 9.80 Å². The summed E-state index contributed by atoms with van der Waals surface area (Å²) in [5.74, 6) is -0.0242. The summed E-state index contributed by atoms with van der Waals surface area (Å²) in [6, 6.07) is 6.17. The third kappa shape index (κ3) is 5.00. The Labute approximate surface area is 221 Å². The van der Waals surface area contributed by atoms with E-state index in [4.69, 9.17) is 23.2 Å². The number of aryl methyl sites for hydroxylation is 1. The van der Waals surface area contributed by atoms with Crippen molar-refractivity contribution in [3.63, 3.8) is 0 Å². The fourth-order valence-corrected chi connectivity index (χ4v) is 6.25.